The largest absolute Gasteiger partial charge is 0.493 e. The molecular formula is C23H22N2O4. The highest BCUT2D eigenvalue weighted by atomic mass is 16.5. The van der Waals surface area contributed by atoms with E-state index in [9.17, 15) is 9.59 Å². The van der Waals surface area contributed by atoms with Gasteiger partial charge in [0.05, 0.1) is 7.11 Å². The minimum Gasteiger partial charge on any atom is -0.493 e. The maximum absolute atomic E-state index is 12.7. The van der Waals surface area contributed by atoms with Crippen molar-refractivity contribution >= 4 is 11.8 Å². The first-order valence-electron chi connectivity index (χ1n) is 9.08. The second kappa shape index (κ2) is 9.41. The van der Waals surface area contributed by atoms with E-state index in [0.29, 0.717) is 29.2 Å². The number of methoxy groups -OCH3 is 1. The van der Waals surface area contributed by atoms with Crippen molar-refractivity contribution in [2.24, 2.45) is 5.73 Å². The lowest BCUT2D eigenvalue weighted by molar-refractivity contribution is -0.120. The fourth-order valence-electron chi connectivity index (χ4n) is 2.84. The van der Waals surface area contributed by atoms with Gasteiger partial charge in [-0.15, -0.1) is 0 Å². The number of benzene rings is 3. The summed E-state index contributed by atoms with van der Waals surface area (Å²) >= 11 is 0. The molecule has 0 aliphatic heterocycles. The van der Waals surface area contributed by atoms with Gasteiger partial charge < -0.3 is 20.5 Å². The first-order chi connectivity index (χ1) is 14.1. The number of hydrogen-bond donors (Lipinski definition) is 2. The minimum atomic E-state index is -0.927. The van der Waals surface area contributed by atoms with Gasteiger partial charge in [-0.3, -0.25) is 9.59 Å². The van der Waals surface area contributed by atoms with Crippen molar-refractivity contribution in [3.05, 3.63) is 95.6 Å². The highest BCUT2D eigenvalue weighted by molar-refractivity contribution is 5.98. The van der Waals surface area contributed by atoms with Crippen LogP contribution in [0.3, 0.4) is 0 Å². The molecule has 2 amide bonds. The Hall–Kier alpha value is -3.80. The summed E-state index contributed by atoms with van der Waals surface area (Å²) in [5.74, 6) is -0.142. The van der Waals surface area contributed by atoms with Crippen molar-refractivity contribution in [3.63, 3.8) is 0 Å². The molecule has 6 nitrogen and oxygen atoms in total. The lowest BCUT2D eigenvalue weighted by Crippen LogP contribution is -2.37. The third-order valence-electron chi connectivity index (χ3n) is 4.36. The molecule has 1 unspecified atom stereocenters. The van der Waals surface area contributed by atoms with E-state index in [-0.39, 0.29) is 0 Å². The second-order valence-corrected chi connectivity index (χ2v) is 6.36. The predicted octanol–water partition coefficient (Wildman–Crippen LogP) is 3.23. The number of rotatable bonds is 8. The van der Waals surface area contributed by atoms with Gasteiger partial charge in [-0.05, 0) is 29.3 Å². The summed E-state index contributed by atoms with van der Waals surface area (Å²) in [6.07, 6.45) is 0. The standard InChI is InChI=1S/C23H22N2O4/c1-28-20-14-18(12-13-19(20)29-15-16-8-4-2-5-9-16)23(27)25-21(22(24)26)17-10-6-3-7-11-17/h2-14,21H,15H2,1H3,(H2,24,26)(H,25,27). The SMILES string of the molecule is COc1cc(C(=O)NC(C(N)=O)c2ccccc2)ccc1OCc1ccccc1. The fourth-order valence-corrected chi connectivity index (χ4v) is 2.84. The number of hydrogen-bond acceptors (Lipinski definition) is 4. The van der Waals surface area contributed by atoms with Crippen molar-refractivity contribution < 1.29 is 19.1 Å². The fraction of sp³-hybridized carbons (Fsp3) is 0.130. The summed E-state index contributed by atoms with van der Waals surface area (Å²) in [7, 11) is 1.50. The molecule has 0 heterocycles. The van der Waals surface area contributed by atoms with Gasteiger partial charge in [-0.2, -0.15) is 0 Å². The number of primary amides is 1. The summed E-state index contributed by atoms with van der Waals surface area (Å²) in [4.78, 5) is 24.5. The van der Waals surface area contributed by atoms with E-state index in [1.165, 1.54) is 7.11 Å². The third-order valence-corrected chi connectivity index (χ3v) is 4.36. The van der Waals surface area contributed by atoms with Gasteiger partial charge in [0.2, 0.25) is 5.91 Å². The Labute approximate surface area is 169 Å². The second-order valence-electron chi connectivity index (χ2n) is 6.36. The molecule has 1 atom stereocenters. The molecule has 0 saturated carbocycles. The Morgan fingerprint density at radius 1 is 0.931 bits per heavy atom. The van der Waals surface area contributed by atoms with Crippen molar-refractivity contribution in [2.75, 3.05) is 7.11 Å². The quantitative estimate of drug-likeness (QED) is 0.618. The van der Waals surface area contributed by atoms with Crippen LogP contribution in [0.4, 0.5) is 0 Å². The number of nitrogens with one attached hydrogen (secondary N) is 1. The molecule has 0 fully saturated rings. The third kappa shape index (κ3) is 5.13. The lowest BCUT2D eigenvalue weighted by atomic mass is 10.1. The van der Waals surface area contributed by atoms with Gasteiger partial charge in [-0.1, -0.05) is 60.7 Å². The molecular weight excluding hydrogens is 368 g/mol. The molecule has 0 aliphatic rings. The van der Waals surface area contributed by atoms with Gasteiger partial charge in [0, 0.05) is 5.56 Å². The van der Waals surface area contributed by atoms with Gasteiger partial charge in [0.15, 0.2) is 11.5 Å². The normalized spacial score (nSPS) is 11.3. The maximum Gasteiger partial charge on any atom is 0.252 e. The van der Waals surface area contributed by atoms with E-state index >= 15 is 0 Å². The van der Waals surface area contributed by atoms with E-state index in [4.69, 9.17) is 15.2 Å². The average molecular weight is 390 g/mol. The zero-order chi connectivity index (χ0) is 20.6. The lowest BCUT2D eigenvalue weighted by Gasteiger charge is -2.17. The van der Waals surface area contributed by atoms with Crippen LogP contribution in [0, 0.1) is 0 Å². The molecule has 0 aliphatic carbocycles. The van der Waals surface area contributed by atoms with Gasteiger partial charge in [0.1, 0.15) is 12.6 Å². The van der Waals surface area contributed by atoms with Crippen LogP contribution in [0.15, 0.2) is 78.9 Å². The molecule has 0 aromatic heterocycles. The Morgan fingerprint density at radius 2 is 1.59 bits per heavy atom. The van der Waals surface area contributed by atoms with Crippen LogP contribution in [0.25, 0.3) is 0 Å². The van der Waals surface area contributed by atoms with Crippen LogP contribution >= 0.6 is 0 Å². The smallest absolute Gasteiger partial charge is 0.252 e. The molecule has 3 aromatic carbocycles. The Kier molecular flexibility index (Phi) is 6.47. The first kappa shape index (κ1) is 19.9. The molecule has 0 radical (unpaired) electrons. The summed E-state index contributed by atoms with van der Waals surface area (Å²) in [6.45, 7) is 0.375. The van der Waals surface area contributed by atoms with E-state index in [2.05, 4.69) is 5.32 Å². The molecule has 148 valence electrons. The minimum absolute atomic E-state index is 0.330. The van der Waals surface area contributed by atoms with Gasteiger partial charge >= 0.3 is 0 Å². The molecule has 3 rings (SSSR count). The number of carbonyl (C=O) groups is 2. The highest BCUT2D eigenvalue weighted by Gasteiger charge is 2.21. The molecule has 3 aromatic rings. The molecule has 29 heavy (non-hydrogen) atoms. The number of carbonyl (C=O) groups excluding carboxylic acids is 2. The van der Waals surface area contributed by atoms with Crippen LogP contribution in [0.5, 0.6) is 11.5 Å². The van der Waals surface area contributed by atoms with Crippen LogP contribution in [0.1, 0.15) is 27.5 Å². The molecule has 0 saturated heterocycles. The van der Waals surface area contributed by atoms with Crippen LogP contribution in [-0.4, -0.2) is 18.9 Å². The summed E-state index contributed by atoms with van der Waals surface area (Å²) < 4.78 is 11.2. The van der Waals surface area contributed by atoms with Crippen LogP contribution in [0.2, 0.25) is 0 Å². The number of ether oxygens (including phenoxy) is 2. The van der Waals surface area contributed by atoms with Crippen LogP contribution < -0.4 is 20.5 Å². The van der Waals surface area contributed by atoms with E-state index in [1.807, 2.05) is 36.4 Å². The molecule has 0 spiro atoms. The van der Waals surface area contributed by atoms with Crippen LogP contribution in [-0.2, 0) is 11.4 Å². The zero-order valence-corrected chi connectivity index (χ0v) is 16.0. The zero-order valence-electron chi connectivity index (χ0n) is 16.0. The number of nitrogens with two attached hydrogens (primary N) is 1. The summed E-state index contributed by atoms with van der Waals surface area (Å²) in [5.41, 5.74) is 7.43. The monoisotopic (exact) mass is 390 g/mol. The Morgan fingerprint density at radius 3 is 2.21 bits per heavy atom. The first-order valence-corrected chi connectivity index (χ1v) is 9.08. The van der Waals surface area contributed by atoms with E-state index in [1.54, 1.807) is 42.5 Å². The van der Waals surface area contributed by atoms with Crippen molar-refractivity contribution in [1.29, 1.82) is 0 Å². The summed E-state index contributed by atoms with van der Waals surface area (Å²) in [5, 5.41) is 2.67. The van der Waals surface area contributed by atoms with E-state index < -0.39 is 17.9 Å². The molecule has 6 heteroatoms. The maximum atomic E-state index is 12.7. The van der Waals surface area contributed by atoms with Gasteiger partial charge in [0.25, 0.3) is 5.91 Å². The van der Waals surface area contributed by atoms with Crippen molar-refractivity contribution in [1.82, 2.24) is 5.32 Å². The van der Waals surface area contributed by atoms with Crippen molar-refractivity contribution in [2.45, 2.75) is 12.6 Å². The molecule has 3 N–H and O–H groups in total. The summed E-state index contributed by atoms with van der Waals surface area (Å²) in [6, 6.07) is 22.5. The molecule has 0 bridgehead atoms. The highest BCUT2D eigenvalue weighted by Crippen LogP contribution is 2.29. The predicted molar refractivity (Wildman–Crippen MR) is 110 cm³/mol. The van der Waals surface area contributed by atoms with E-state index in [0.717, 1.165) is 5.56 Å². The Balaban J connectivity index is 1.74. The van der Waals surface area contributed by atoms with Crippen molar-refractivity contribution in [3.8, 4) is 11.5 Å². The van der Waals surface area contributed by atoms with Gasteiger partial charge in [-0.25, -0.2) is 0 Å². The average Bonchev–Trinajstić information content (AvgIpc) is 2.76. The number of amides is 2. The Bertz CT molecular complexity index is 975. The topological polar surface area (TPSA) is 90.6 Å².